The van der Waals surface area contributed by atoms with E-state index in [1.807, 2.05) is 26.2 Å². The minimum Gasteiger partial charge on any atom is -0.311 e. The summed E-state index contributed by atoms with van der Waals surface area (Å²) in [4.78, 5) is 24.9. The highest BCUT2D eigenvalue weighted by molar-refractivity contribution is 7.98. The van der Waals surface area contributed by atoms with E-state index < -0.39 is 0 Å². The van der Waals surface area contributed by atoms with Crippen LogP contribution < -0.4 is 5.32 Å². The summed E-state index contributed by atoms with van der Waals surface area (Å²) in [7, 11) is 0. The Morgan fingerprint density at radius 1 is 1.30 bits per heavy atom. The van der Waals surface area contributed by atoms with Crippen molar-refractivity contribution in [2.24, 2.45) is 0 Å². The molecule has 2 heterocycles. The Bertz CT molecular complexity index is 729. The Labute approximate surface area is 139 Å². The molecule has 2 rings (SSSR count). The fourth-order valence-corrected chi connectivity index (χ4v) is 2.60. The number of hydrogen-bond donors (Lipinski definition) is 1. The highest BCUT2D eigenvalue weighted by atomic mass is 32.2. The quantitative estimate of drug-likeness (QED) is 0.670. The van der Waals surface area contributed by atoms with Gasteiger partial charge < -0.3 is 5.32 Å². The molecule has 0 unspecified atom stereocenters. The van der Waals surface area contributed by atoms with Gasteiger partial charge in [-0.15, -0.1) is 0 Å². The molecule has 0 aliphatic heterocycles. The van der Waals surface area contributed by atoms with Crippen molar-refractivity contribution in [2.75, 3.05) is 11.6 Å². The summed E-state index contributed by atoms with van der Waals surface area (Å²) in [5.41, 5.74) is 3.28. The van der Waals surface area contributed by atoms with Gasteiger partial charge in [0, 0.05) is 24.0 Å². The van der Waals surface area contributed by atoms with E-state index in [1.165, 1.54) is 18.0 Å². The first-order chi connectivity index (χ1) is 11.0. The number of anilines is 1. The van der Waals surface area contributed by atoms with Crippen LogP contribution in [-0.4, -0.2) is 27.1 Å². The van der Waals surface area contributed by atoms with Crippen molar-refractivity contribution < 1.29 is 4.79 Å². The zero-order chi connectivity index (χ0) is 16.8. The second kappa shape index (κ2) is 7.70. The zero-order valence-corrected chi connectivity index (χ0v) is 14.1. The molecule has 118 valence electrons. The lowest BCUT2D eigenvalue weighted by molar-refractivity contribution is -0.116. The Morgan fingerprint density at radius 2 is 2.00 bits per heavy atom. The van der Waals surface area contributed by atoms with E-state index >= 15 is 0 Å². The zero-order valence-electron chi connectivity index (χ0n) is 13.3. The monoisotopic (exact) mass is 327 g/mol. The van der Waals surface area contributed by atoms with Crippen LogP contribution in [0.15, 0.2) is 23.5 Å². The largest absolute Gasteiger partial charge is 0.311 e. The molecule has 0 aromatic carbocycles. The van der Waals surface area contributed by atoms with E-state index in [-0.39, 0.29) is 5.91 Å². The maximum absolute atomic E-state index is 12.0. The maximum atomic E-state index is 12.0. The molecule has 0 radical (unpaired) electrons. The number of carbonyl (C=O) groups excluding carboxylic acids is 1. The summed E-state index contributed by atoms with van der Waals surface area (Å²) >= 11 is 1.50. The fraction of sp³-hybridized carbons (Fsp3) is 0.312. The van der Waals surface area contributed by atoms with E-state index in [2.05, 4.69) is 20.3 Å². The van der Waals surface area contributed by atoms with Crippen LogP contribution in [0.3, 0.4) is 0 Å². The number of carbonyl (C=O) groups is 1. The van der Waals surface area contributed by atoms with E-state index in [9.17, 15) is 4.79 Å². The second-order valence-corrected chi connectivity index (χ2v) is 5.73. The summed E-state index contributed by atoms with van der Waals surface area (Å²) in [6.45, 7) is 3.87. The minimum absolute atomic E-state index is 0.130. The molecule has 0 aliphatic rings. The van der Waals surface area contributed by atoms with Crippen molar-refractivity contribution in [3.8, 4) is 6.07 Å². The molecular formula is C16H17N5OS. The Kier molecular flexibility index (Phi) is 5.66. The third-order valence-electron chi connectivity index (χ3n) is 3.34. The van der Waals surface area contributed by atoms with Crippen molar-refractivity contribution in [1.82, 2.24) is 15.0 Å². The number of nitriles is 1. The average molecular weight is 327 g/mol. The second-order valence-electron chi connectivity index (χ2n) is 4.95. The third kappa shape index (κ3) is 4.50. The first-order valence-electron chi connectivity index (χ1n) is 7.07. The molecule has 0 spiro atoms. The molecular weight excluding hydrogens is 310 g/mol. The first kappa shape index (κ1) is 16.9. The summed E-state index contributed by atoms with van der Waals surface area (Å²) in [6.07, 6.45) is 4.27. The van der Waals surface area contributed by atoms with Gasteiger partial charge in [-0.25, -0.2) is 15.0 Å². The van der Waals surface area contributed by atoms with Gasteiger partial charge in [0.05, 0.1) is 5.56 Å². The molecule has 2 aromatic rings. The van der Waals surface area contributed by atoms with Crippen LogP contribution in [0.1, 0.15) is 28.9 Å². The van der Waals surface area contributed by atoms with Crippen LogP contribution in [-0.2, 0) is 11.2 Å². The SMILES string of the molecule is CSc1nc(C)c(CCC(=O)Nc2ccc(C#N)cn2)c(C)n1. The first-order valence-corrected chi connectivity index (χ1v) is 8.30. The van der Waals surface area contributed by atoms with Crippen molar-refractivity contribution in [3.63, 3.8) is 0 Å². The number of hydrogen-bond acceptors (Lipinski definition) is 6. The van der Waals surface area contributed by atoms with Gasteiger partial charge in [-0.1, -0.05) is 11.8 Å². The normalized spacial score (nSPS) is 10.2. The van der Waals surface area contributed by atoms with E-state index in [1.54, 1.807) is 12.1 Å². The number of nitrogens with one attached hydrogen (secondary N) is 1. The summed E-state index contributed by atoms with van der Waals surface area (Å²) in [5.74, 6) is 0.311. The van der Waals surface area contributed by atoms with Gasteiger partial charge in [-0.3, -0.25) is 4.79 Å². The van der Waals surface area contributed by atoms with Crippen molar-refractivity contribution in [1.29, 1.82) is 5.26 Å². The Balaban J connectivity index is 1.98. The molecule has 7 heteroatoms. The standard InChI is InChI=1S/C16H17N5OS/c1-10-13(11(2)20-16(19-10)23-3)5-7-15(22)21-14-6-4-12(8-17)9-18-14/h4,6,9H,5,7H2,1-3H3,(H,18,21,22). The number of amides is 1. The van der Waals surface area contributed by atoms with Crippen LogP contribution in [0.2, 0.25) is 0 Å². The molecule has 6 nitrogen and oxygen atoms in total. The third-order valence-corrected chi connectivity index (χ3v) is 3.89. The van der Waals surface area contributed by atoms with E-state index in [4.69, 9.17) is 5.26 Å². The van der Waals surface area contributed by atoms with Crippen LogP contribution in [0.4, 0.5) is 5.82 Å². The minimum atomic E-state index is -0.130. The van der Waals surface area contributed by atoms with E-state index in [0.29, 0.717) is 24.2 Å². The molecule has 0 aliphatic carbocycles. The van der Waals surface area contributed by atoms with Crippen LogP contribution >= 0.6 is 11.8 Å². The molecule has 2 aromatic heterocycles. The van der Waals surface area contributed by atoms with Crippen LogP contribution in [0.5, 0.6) is 0 Å². The van der Waals surface area contributed by atoms with Crippen LogP contribution in [0.25, 0.3) is 0 Å². The molecule has 0 bridgehead atoms. The number of pyridine rings is 1. The Morgan fingerprint density at radius 3 is 2.52 bits per heavy atom. The predicted octanol–water partition coefficient (Wildman–Crippen LogP) is 2.65. The predicted molar refractivity (Wildman–Crippen MR) is 89.2 cm³/mol. The maximum Gasteiger partial charge on any atom is 0.225 e. The highest BCUT2D eigenvalue weighted by Gasteiger charge is 2.11. The number of rotatable bonds is 5. The average Bonchev–Trinajstić information content (AvgIpc) is 2.54. The highest BCUT2D eigenvalue weighted by Crippen LogP contribution is 2.17. The molecule has 0 saturated heterocycles. The van der Waals surface area contributed by atoms with Crippen molar-refractivity contribution >= 4 is 23.5 Å². The molecule has 1 amide bonds. The molecule has 23 heavy (non-hydrogen) atoms. The van der Waals surface area contributed by atoms with Gasteiger partial charge >= 0.3 is 0 Å². The molecule has 0 fully saturated rings. The molecule has 0 atom stereocenters. The van der Waals surface area contributed by atoms with Gasteiger partial charge in [0.1, 0.15) is 11.9 Å². The lowest BCUT2D eigenvalue weighted by Gasteiger charge is -2.10. The van der Waals surface area contributed by atoms with Gasteiger partial charge in [0.25, 0.3) is 0 Å². The lowest BCUT2D eigenvalue weighted by Crippen LogP contribution is -2.14. The smallest absolute Gasteiger partial charge is 0.225 e. The lowest BCUT2D eigenvalue weighted by atomic mass is 10.1. The summed E-state index contributed by atoms with van der Waals surface area (Å²) in [6, 6.07) is 5.22. The Hall–Kier alpha value is -2.46. The van der Waals surface area contributed by atoms with Gasteiger partial charge in [-0.05, 0) is 44.2 Å². The summed E-state index contributed by atoms with van der Waals surface area (Å²) in [5, 5.41) is 12.2. The van der Waals surface area contributed by atoms with Gasteiger partial charge in [-0.2, -0.15) is 5.26 Å². The number of aromatic nitrogens is 3. The van der Waals surface area contributed by atoms with Crippen LogP contribution in [0, 0.1) is 25.2 Å². The molecule has 1 N–H and O–H groups in total. The van der Waals surface area contributed by atoms with Gasteiger partial charge in [0.2, 0.25) is 5.91 Å². The van der Waals surface area contributed by atoms with Gasteiger partial charge in [0.15, 0.2) is 5.16 Å². The molecule has 0 saturated carbocycles. The topological polar surface area (TPSA) is 91.6 Å². The number of thioether (sulfide) groups is 1. The van der Waals surface area contributed by atoms with Crippen molar-refractivity contribution in [3.05, 3.63) is 40.8 Å². The summed E-state index contributed by atoms with van der Waals surface area (Å²) < 4.78 is 0. The fourth-order valence-electron chi connectivity index (χ4n) is 2.14. The number of nitrogens with zero attached hydrogens (tertiary/aromatic N) is 4. The van der Waals surface area contributed by atoms with Crippen molar-refractivity contribution in [2.45, 2.75) is 31.8 Å². The van der Waals surface area contributed by atoms with E-state index in [0.717, 1.165) is 22.1 Å². The number of aryl methyl sites for hydroxylation is 2.